The summed E-state index contributed by atoms with van der Waals surface area (Å²) in [7, 11) is 1.67. The lowest BCUT2D eigenvalue weighted by molar-refractivity contribution is 0.288. The summed E-state index contributed by atoms with van der Waals surface area (Å²) in [6, 6.07) is 10.4. The third kappa shape index (κ3) is 7.84. The second-order valence-corrected chi connectivity index (χ2v) is 4.90. The summed E-state index contributed by atoms with van der Waals surface area (Å²) in [5.74, 6) is 0. The van der Waals surface area contributed by atoms with E-state index in [-0.39, 0.29) is 0 Å². The van der Waals surface area contributed by atoms with Crippen molar-refractivity contribution in [3.8, 4) is 0 Å². The van der Waals surface area contributed by atoms with Gasteiger partial charge in [-0.2, -0.15) is 0 Å². The van der Waals surface area contributed by atoms with Crippen molar-refractivity contribution in [1.29, 1.82) is 0 Å². The summed E-state index contributed by atoms with van der Waals surface area (Å²) in [5.41, 5.74) is 2.37. The van der Waals surface area contributed by atoms with E-state index in [1.54, 1.807) is 7.11 Å². The van der Waals surface area contributed by atoms with Crippen molar-refractivity contribution in [3.05, 3.63) is 48.1 Å². The van der Waals surface area contributed by atoms with Crippen LogP contribution in [0, 0.1) is 6.61 Å². The van der Waals surface area contributed by atoms with Gasteiger partial charge in [0.15, 0.2) is 6.61 Å². The minimum absolute atomic E-state index is 1.05. The molecule has 0 saturated carbocycles. The van der Waals surface area contributed by atoms with Gasteiger partial charge in [-0.1, -0.05) is 75.4 Å². The van der Waals surface area contributed by atoms with Gasteiger partial charge in [0.1, 0.15) is 0 Å². The molecule has 1 aromatic carbocycles. The molecule has 1 aromatic rings. The molecule has 0 aliphatic rings. The fraction of sp³-hybridized carbons (Fsp3) is 0.500. The zero-order valence-corrected chi connectivity index (χ0v) is 12.3. The molecule has 0 aliphatic heterocycles. The molecule has 0 heterocycles. The summed E-state index contributed by atoms with van der Waals surface area (Å²) < 4.78 is 5.05. The largest absolute Gasteiger partial charge is 0.367 e. The second kappa shape index (κ2) is 10.8. The topological polar surface area (TPSA) is 9.23 Å². The Balaban J connectivity index is 2.34. The van der Waals surface area contributed by atoms with E-state index in [4.69, 9.17) is 4.74 Å². The van der Waals surface area contributed by atoms with E-state index in [2.05, 4.69) is 43.9 Å². The third-order valence-electron chi connectivity index (χ3n) is 3.17. The van der Waals surface area contributed by atoms with Gasteiger partial charge in [0, 0.05) is 7.11 Å². The maximum Gasteiger partial charge on any atom is 0.161 e. The number of rotatable bonds is 10. The summed E-state index contributed by atoms with van der Waals surface area (Å²) in [4.78, 5) is 0. The highest BCUT2D eigenvalue weighted by molar-refractivity contribution is 5.54. The van der Waals surface area contributed by atoms with Crippen molar-refractivity contribution >= 4 is 6.08 Å². The van der Waals surface area contributed by atoms with Crippen LogP contribution in [0.15, 0.2) is 35.9 Å². The van der Waals surface area contributed by atoms with Crippen LogP contribution in [0.4, 0.5) is 0 Å². The molecule has 0 aliphatic carbocycles. The summed E-state index contributed by atoms with van der Waals surface area (Å²) in [6.45, 7) is 5.25. The van der Waals surface area contributed by atoms with Crippen LogP contribution in [-0.4, -0.2) is 7.11 Å². The first-order chi connectivity index (χ1) is 9.36. The summed E-state index contributed by atoms with van der Waals surface area (Å²) in [6.07, 6.45) is 11.1. The van der Waals surface area contributed by atoms with Gasteiger partial charge in [-0.3, -0.25) is 0 Å². The van der Waals surface area contributed by atoms with Crippen LogP contribution >= 0.6 is 0 Å². The van der Waals surface area contributed by atoms with Gasteiger partial charge in [-0.25, -0.2) is 0 Å². The maximum atomic E-state index is 5.05. The number of hydrogen-bond acceptors (Lipinski definition) is 1. The Morgan fingerprint density at radius 1 is 1.05 bits per heavy atom. The SMILES string of the molecule is CCCCCCCCC([C]OC)=Cc1ccccc1. The van der Waals surface area contributed by atoms with E-state index in [1.165, 1.54) is 44.1 Å². The first-order valence-corrected chi connectivity index (χ1v) is 7.41. The standard InChI is InChI=1S/C18H26O/c1-3-4-5-6-7-9-14-18(16-19-2)15-17-12-10-8-11-13-17/h8,10-13,15H,3-7,9,14H2,1-2H3. The average molecular weight is 258 g/mol. The molecule has 0 amide bonds. The fourth-order valence-corrected chi connectivity index (χ4v) is 2.13. The smallest absolute Gasteiger partial charge is 0.161 e. The van der Waals surface area contributed by atoms with Gasteiger partial charge in [0.2, 0.25) is 0 Å². The van der Waals surface area contributed by atoms with Crippen molar-refractivity contribution < 1.29 is 4.74 Å². The monoisotopic (exact) mass is 258 g/mol. The summed E-state index contributed by atoms with van der Waals surface area (Å²) in [5, 5.41) is 0. The van der Waals surface area contributed by atoms with Gasteiger partial charge < -0.3 is 4.74 Å². The molecule has 0 saturated heterocycles. The Kier molecular flexibility index (Phi) is 9.09. The van der Waals surface area contributed by atoms with Crippen LogP contribution in [0.3, 0.4) is 0 Å². The molecule has 2 radical (unpaired) electrons. The number of unbranched alkanes of at least 4 members (excludes halogenated alkanes) is 5. The molecule has 1 rings (SSSR count). The van der Waals surface area contributed by atoms with E-state index < -0.39 is 0 Å². The van der Waals surface area contributed by atoms with Gasteiger partial charge >= 0.3 is 0 Å². The van der Waals surface area contributed by atoms with Crippen molar-refractivity contribution in [3.63, 3.8) is 0 Å². The van der Waals surface area contributed by atoms with Gasteiger partial charge in [0.25, 0.3) is 0 Å². The quantitative estimate of drug-likeness (QED) is 0.503. The minimum atomic E-state index is 1.05. The van der Waals surface area contributed by atoms with Crippen LogP contribution in [0.2, 0.25) is 0 Å². The van der Waals surface area contributed by atoms with Crippen molar-refractivity contribution in [2.24, 2.45) is 0 Å². The Hall–Kier alpha value is -1.08. The fourth-order valence-electron chi connectivity index (χ4n) is 2.13. The number of methoxy groups -OCH3 is 1. The average Bonchev–Trinajstić information content (AvgIpc) is 2.44. The highest BCUT2D eigenvalue weighted by Gasteiger charge is 2.00. The predicted octanol–water partition coefficient (Wildman–Crippen LogP) is 5.51. The van der Waals surface area contributed by atoms with E-state index >= 15 is 0 Å². The normalized spacial score (nSPS) is 11.8. The lowest BCUT2D eigenvalue weighted by atomic mass is 10.0. The van der Waals surface area contributed by atoms with Gasteiger partial charge in [-0.05, 0) is 24.0 Å². The second-order valence-electron chi connectivity index (χ2n) is 4.90. The van der Waals surface area contributed by atoms with E-state index in [0.29, 0.717) is 0 Å². The predicted molar refractivity (Wildman–Crippen MR) is 82.7 cm³/mol. The van der Waals surface area contributed by atoms with Crippen molar-refractivity contribution in [2.45, 2.75) is 51.9 Å². The maximum absolute atomic E-state index is 5.05. The highest BCUT2D eigenvalue weighted by atomic mass is 16.5. The molecule has 0 bridgehead atoms. The Labute approximate surface area is 118 Å². The lowest BCUT2D eigenvalue weighted by Gasteiger charge is -2.05. The van der Waals surface area contributed by atoms with Crippen LogP contribution < -0.4 is 0 Å². The van der Waals surface area contributed by atoms with E-state index in [0.717, 1.165) is 12.0 Å². The Morgan fingerprint density at radius 2 is 1.74 bits per heavy atom. The molecule has 0 spiro atoms. The first kappa shape index (κ1) is 16.0. The molecule has 1 heteroatoms. The first-order valence-electron chi connectivity index (χ1n) is 7.41. The van der Waals surface area contributed by atoms with Crippen LogP contribution in [0.25, 0.3) is 6.08 Å². The molecule has 19 heavy (non-hydrogen) atoms. The highest BCUT2D eigenvalue weighted by Crippen LogP contribution is 2.17. The number of ether oxygens (including phenoxy) is 1. The Bertz CT molecular complexity index is 340. The molecule has 104 valence electrons. The summed E-state index contributed by atoms with van der Waals surface area (Å²) >= 11 is 0. The molecule has 1 nitrogen and oxygen atoms in total. The van der Waals surface area contributed by atoms with Crippen LogP contribution in [0.1, 0.15) is 57.4 Å². The number of hydrogen-bond donors (Lipinski definition) is 0. The molecule has 0 aromatic heterocycles. The minimum Gasteiger partial charge on any atom is -0.367 e. The molecular weight excluding hydrogens is 232 g/mol. The molecule has 0 fully saturated rings. The van der Waals surface area contributed by atoms with E-state index in [1.807, 2.05) is 6.07 Å². The van der Waals surface area contributed by atoms with Crippen LogP contribution in [0.5, 0.6) is 0 Å². The number of benzene rings is 1. The zero-order chi connectivity index (χ0) is 13.8. The van der Waals surface area contributed by atoms with Crippen molar-refractivity contribution in [2.75, 3.05) is 7.11 Å². The van der Waals surface area contributed by atoms with Gasteiger partial charge in [-0.15, -0.1) is 0 Å². The third-order valence-corrected chi connectivity index (χ3v) is 3.17. The van der Waals surface area contributed by atoms with Gasteiger partial charge in [0.05, 0.1) is 0 Å². The Morgan fingerprint density at radius 3 is 2.42 bits per heavy atom. The molecule has 0 atom stereocenters. The van der Waals surface area contributed by atoms with E-state index in [9.17, 15) is 0 Å². The molecule has 0 unspecified atom stereocenters. The zero-order valence-electron chi connectivity index (χ0n) is 12.3. The molecule has 0 N–H and O–H groups in total. The van der Waals surface area contributed by atoms with Crippen molar-refractivity contribution in [1.82, 2.24) is 0 Å². The van der Waals surface area contributed by atoms with Crippen LogP contribution in [-0.2, 0) is 4.74 Å². The lowest BCUT2D eigenvalue weighted by Crippen LogP contribution is -1.89. The molecular formula is C18H26O.